The van der Waals surface area contributed by atoms with Gasteiger partial charge in [-0.3, -0.25) is 9.59 Å². The maximum atomic E-state index is 11.6. The Morgan fingerprint density at radius 2 is 1.88 bits per heavy atom. The van der Waals surface area contributed by atoms with E-state index in [1.54, 1.807) is 0 Å². The van der Waals surface area contributed by atoms with Gasteiger partial charge in [-0.1, -0.05) is 12.1 Å². The number of rotatable bonds is 2. The molecule has 0 spiro atoms. The van der Waals surface area contributed by atoms with Gasteiger partial charge in [0.25, 0.3) is 0 Å². The predicted octanol–water partition coefficient (Wildman–Crippen LogP) is 1.52. The molecule has 17 heavy (non-hydrogen) atoms. The fourth-order valence-corrected chi connectivity index (χ4v) is 1.53. The zero-order chi connectivity index (χ0) is 12.4. The highest BCUT2D eigenvalue weighted by atomic mass is 16.2. The number of carbonyl (C=O) groups is 2. The van der Waals surface area contributed by atoms with Crippen LogP contribution in [-0.2, 0) is 9.59 Å². The molecule has 0 aliphatic heterocycles. The Labute approximate surface area is 100 Å². The molecule has 4 nitrogen and oxygen atoms in total. The molecule has 0 aromatic heterocycles. The Hall–Kier alpha value is -1.84. The normalized spacial score (nSPS) is 14.2. The lowest BCUT2D eigenvalue weighted by Crippen LogP contribution is -2.36. The number of amides is 2. The molecule has 4 heteroatoms. The van der Waals surface area contributed by atoms with Crippen LogP contribution in [0.15, 0.2) is 18.2 Å². The molecule has 2 N–H and O–H groups in total. The fraction of sp³-hybridized carbons (Fsp3) is 0.385. The molecule has 1 aliphatic rings. The topological polar surface area (TPSA) is 58.2 Å². The van der Waals surface area contributed by atoms with E-state index in [0.29, 0.717) is 5.69 Å². The number of hydrogen-bond acceptors (Lipinski definition) is 2. The summed E-state index contributed by atoms with van der Waals surface area (Å²) in [5.74, 6) is -1.14. The number of hydrogen-bond donors (Lipinski definition) is 2. The summed E-state index contributed by atoms with van der Waals surface area (Å²) in [5, 5.41) is 5.29. The van der Waals surface area contributed by atoms with Crippen molar-refractivity contribution >= 4 is 17.5 Å². The third-order valence-electron chi connectivity index (χ3n) is 2.76. The van der Waals surface area contributed by atoms with E-state index in [-0.39, 0.29) is 6.04 Å². The first-order valence-corrected chi connectivity index (χ1v) is 5.75. The van der Waals surface area contributed by atoms with Crippen molar-refractivity contribution in [3.63, 3.8) is 0 Å². The number of carbonyl (C=O) groups excluding carboxylic acids is 2. The quantitative estimate of drug-likeness (QED) is 0.759. The highest BCUT2D eigenvalue weighted by Crippen LogP contribution is 2.19. The van der Waals surface area contributed by atoms with E-state index in [1.807, 2.05) is 32.0 Å². The summed E-state index contributed by atoms with van der Waals surface area (Å²) in [7, 11) is 0. The van der Waals surface area contributed by atoms with Gasteiger partial charge in [-0.2, -0.15) is 0 Å². The number of nitrogens with one attached hydrogen (secondary N) is 2. The van der Waals surface area contributed by atoms with Crippen molar-refractivity contribution in [3.05, 3.63) is 29.3 Å². The second-order valence-corrected chi connectivity index (χ2v) is 4.52. The molecule has 1 aliphatic carbocycles. The van der Waals surface area contributed by atoms with E-state index >= 15 is 0 Å². The lowest BCUT2D eigenvalue weighted by molar-refractivity contribution is -0.136. The van der Waals surface area contributed by atoms with Crippen LogP contribution in [0.25, 0.3) is 0 Å². The standard InChI is InChI=1S/C13H16N2O2/c1-8-3-4-9(2)11(7-8)15-13(17)12(16)14-10-5-6-10/h3-4,7,10H,5-6H2,1-2H3,(H,14,16)(H,15,17). The van der Waals surface area contributed by atoms with E-state index in [4.69, 9.17) is 0 Å². The van der Waals surface area contributed by atoms with Gasteiger partial charge >= 0.3 is 11.8 Å². The first-order chi connectivity index (χ1) is 8.06. The molecule has 0 saturated heterocycles. The van der Waals surface area contributed by atoms with E-state index in [0.717, 1.165) is 24.0 Å². The summed E-state index contributed by atoms with van der Waals surface area (Å²) in [6.07, 6.45) is 1.95. The monoisotopic (exact) mass is 232 g/mol. The Morgan fingerprint density at radius 1 is 1.18 bits per heavy atom. The van der Waals surface area contributed by atoms with Crippen LogP contribution in [0.4, 0.5) is 5.69 Å². The van der Waals surface area contributed by atoms with E-state index in [9.17, 15) is 9.59 Å². The molecule has 2 rings (SSSR count). The smallest absolute Gasteiger partial charge is 0.313 e. The van der Waals surface area contributed by atoms with Crippen molar-refractivity contribution in [2.75, 3.05) is 5.32 Å². The minimum absolute atomic E-state index is 0.201. The van der Waals surface area contributed by atoms with Gasteiger partial charge < -0.3 is 10.6 Å². The molecule has 0 atom stereocenters. The maximum absolute atomic E-state index is 11.6. The van der Waals surface area contributed by atoms with Gasteiger partial charge in [-0.15, -0.1) is 0 Å². The van der Waals surface area contributed by atoms with Crippen molar-refractivity contribution in [3.8, 4) is 0 Å². The SMILES string of the molecule is Cc1ccc(C)c(NC(=O)C(=O)NC2CC2)c1. The maximum Gasteiger partial charge on any atom is 0.313 e. The second kappa shape index (κ2) is 4.57. The van der Waals surface area contributed by atoms with E-state index in [2.05, 4.69) is 10.6 Å². The molecular formula is C13H16N2O2. The number of anilines is 1. The van der Waals surface area contributed by atoms with Crippen LogP contribution in [0, 0.1) is 13.8 Å². The van der Waals surface area contributed by atoms with Gasteiger partial charge in [0.05, 0.1) is 0 Å². The van der Waals surface area contributed by atoms with Gasteiger partial charge in [0.1, 0.15) is 0 Å². The molecule has 0 bridgehead atoms. The van der Waals surface area contributed by atoms with Crippen LogP contribution in [-0.4, -0.2) is 17.9 Å². The Morgan fingerprint density at radius 3 is 2.53 bits per heavy atom. The van der Waals surface area contributed by atoms with Crippen LogP contribution < -0.4 is 10.6 Å². The Kier molecular flexibility index (Phi) is 3.13. The summed E-state index contributed by atoms with van der Waals surface area (Å²) in [6, 6.07) is 5.95. The first kappa shape index (κ1) is 11.6. The molecule has 90 valence electrons. The summed E-state index contributed by atoms with van der Waals surface area (Å²) < 4.78 is 0. The van der Waals surface area contributed by atoms with Gasteiger partial charge in [0, 0.05) is 11.7 Å². The zero-order valence-electron chi connectivity index (χ0n) is 10.0. The van der Waals surface area contributed by atoms with E-state index in [1.165, 1.54) is 0 Å². The van der Waals surface area contributed by atoms with Crippen LogP contribution in [0.3, 0.4) is 0 Å². The second-order valence-electron chi connectivity index (χ2n) is 4.52. The third-order valence-corrected chi connectivity index (χ3v) is 2.76. The summed E-state index contributed by atoms with van der Waals surface area (Å²) in [5.41, 5.74) is 2.69. The molecule has 1 aromatic carbocycles. The van der Waals surface area contributed by atoms with Gasteiger partial charge in [0.15, 0.2) is 0 Å². The molecule has 0 unspecified atom stereocenters. The highest BCUT2D eigenvalue weighted by molar-refractivity contribution is 6.39. The Bertz CT molecular complexity index is 464. The summed E-state index contributed by atoms with van der Waals surface area (Å²) in [4.78, 5) is 23.1. The lowest BCUT2D eigenvalue weighted by Gasteiger charge is -2.09. The number of benzene rings is 1. The molecule has 1 aromatic rings. The van der Waals surface area contributed by atoms with Crippen LogP contribution in [0.2, 0.25) is 0 Å². The van der Waals surface area contributed by atoms with Crippen LogP contribution in [0.1, 0.15) is 24.0 Å². The predicted molar refractivity (Wildman–Crippen MR) is 65.7 cm³/mol. The minimum atomic E-state index is -0.592. The molecule has 1 saturated carbocycles. The van der Waals surface area contributed by atoms with Crippen molar-refractivity contribution in [2.24, 2.45) is 0 Å². The molecule has 0 heterocycles. The lowest BCUT2D eigenvalue weighted by atomic mass is 10.1. The molecule has 1 fully saturated rings. The summed E-state index contributed by atoms with van der Waals surface area (Å²) >= 11 is 0. The van der Waals surface area contributed by atoms with E-state index < -0.39 is 11.8 Å². The van der Waals surface area contributed by atoms with Gasteiger partial charge in [-0.05, 0) is 43.9 Å². The zero-order valence-corrected chi connectivity index (χ0v) is 10.0. The summed E-state index contributed by atoms with van der Waals surface area (Å²) in [6.45, 7) is 3.84. The van der Waals surface area contributed by atoms with Crippen molar-refractivity contribution in [1.29, 1.82) is 0 Å². The van der Waals surface area contributed by atoms with Crippen LogP contribution in [0.5, 0.6) is 0 Å². The molecule has 0 radical (unpaired) electrons. The molecule has 2 amide bonds. The van der Waals surface area contributed by atoms with Crippen LogP contribution >= 0.6 is 0 Å². The average Bonchev–Trinajstić information content (AvgIpc) is 3.07. The number of aryl methyl sites for hydroxylation is 2. The Balaban J connectivity index is 2.01. The first-order valence-electron chi connectivity index (χ1n) is 5.75. The van der Waals surface area contributed by atoms with Crippen molar-refractivity contribution < 1.29 is 9.59 Å². The highest BCUT2D eigenvalue weighted by Gasteiger charge is 2.26. The largest absolute Gasteiger partial charge is 0.345 e. The van der Waals surface area contributed by atoms with Crippen molar-refractivity contribution in [1.82, 2.24) is 5.32 Å². The average molecular weight is 232 g/mol. The molecular weight excluding hydrogens is 216 g/mol. The third kappa shape index (κ3) is 3.06. The fourth-order valence-electron chi connectivity index (χ4n) is 1.53. The van der Waals surface area contributed by atoms with Gasteiger partial charge in [-0.25, -0.2) is 0 Å². The minimum Gasteiger partial charge on any atom is -0.345 e. The van der Waals surface area contributed by atoms with Crippen molar-refractivity contribution in [2.45, 2.75) is 32.7 Å². The van der Waals surface area contributed by atoms with Gasteiger partial charge in [0.2, 0.25) is 0 Å².